The quantitative estimate of drug-likeness (QED) is 0.795. The first-order valence-electron chi connectivity index (χ1n) is 4.81. The summed E-state index contributed by atoms with van der Waals surface area (Å²) in [4.78, 5) is 14.9. The lowest BCUT2D eigenvalue weighted by molar-refractivity contribution is 0.0777. The molecule has 82 valence electrons. The van der Waals surface area contributed by atoms with Crippen molar-refractivity contribution >= 4 is 44.9 Å². The van der Waals surface area contributed by atoms with Gasteiger partial charge in [0.05, 0.1) is 8.66 Å². The number of nitrogens with zero attached hydrogens (tertiary/aromatic N) is 1. The van der Waals surface area contributed by atoms with Crippen LogP contribution in [0, 0.1) is 6.92 Å². The first-order chi connectivity index (χ1) is 7.18. The topological polar surface area (TPSA) is 20.3 Å². The molecule has 5 heteroatoms. The molecule has 0 N–H and O–H groups in total. The molecule has 0 radical (unpaired) electrons. The van der Waals surface area contributed by atoms with Gasteiger partial charge in [0.1, 0.15) is 0 Å². The van der Waals surface area contributed by atoms with Crippen LogP contribution in [0.4, 0.5) is 0 Å². The van der Waals surface area contributed by atoms with Crippen molar-refractivity contribution in [3.8, 4) is 0 Å². The van der Waals surface area contributed by atoms with Gasteiger partial charge >= 0.3 is 0 Å². The van der Waals surface area contributed by atoms with Crippen LogP contribution in [0.3, 0.4) is 0 Å². The van der Waals surface area contributed by atoms with Crippen LogP contribution in [0.1, 0.15) is 15.2 Å². The minimum Gasteiger partial charge on any atom is -0.336 e. The molecule has 1 saturated heterocycles. The largest absolute Gasteiger partial charge is 0.336 e. The van der Waals surface area contributed by atoms with Crippen LogP contribution in [0.25, 0.3) is 0 Å². The highest BCUT2D eigenvalue weighted by Gasteiger charge is 2.20. The summed E-state index contributed by atoms with van der Waals surface area (Å²) in [5.74, 6) is 2.32. The van der Waals surface area contributed by atoms with E-state index in [1.807, 2.05) is 29.7 Å². The summed E-state index contributed by atoms with van der Waals surface area (Å²) in [5.41, 5.74) is 1.15. The maximum absolute atomic E-state index is 12.1. The summed E-state index contributed by atoms with van der Waals surface area (Å²) in [6.07, 6.45) is 0. The summed E-state index contributed by atoms with van der Waals surface area (Å²) < 4.78 is 1.07. The lowest BCUT2D eigenvalue weighted by Crippen LogP contribution is -2.37. The highest BCUT2D eigenvalue weighted by atomic mass is 79.9. The molecule has 0 aliphatic carbocycles. The van der Waals surface area contributed by atoms with Crippen molar-refractivity contribution in [3.05, 3.63) is 20.3 Å². The number of amides is 1. The van der Waals surface area contributed by atoms with Gasteiger partial charge in [0, 0.05) is 24.6 Å². The minimum absolute atomic E-state index is 0.189. The second kappa shape index (κ2) is 4.89. The van der Waals surface area contributed by atoms with Crippen molar-refractivity contribution in [2.75, 3.05) is 24.6 Å². The normalized spacial score (nSPS) is 16.8. The van der Waals surface area contributed by atoms with Crippen molar-refractivity contribution in [2.45, 2.75) is 6.92 Å². The van der Waals surface area contributed by atoms with E-state index in [0.717, 1.165) is 38.8 Å². The molecule has 0 aromatic carbocycles. The molecule has 2 rings (SSSR count). The summed E-state index contributed by atoms with van der Waals surface area (Å²) >= 11 is 6.91. The van der Waals surface area contributed by atoms with Gasteiger partial charge in [-0.3, -0.25) is 4.79 Å². The highest BCUT2D eigenvalue weighted by Crippen LogP contribution is 2.28. The van der Waals surface area contributed by atoms with Crippen LogP contribution in [0.5, 0.6) is 0 Å². The van der Waals surface area contributed by atoms with Gasteiger partial charge in [-0.15, -0.1) is 11.3 Å². The zero-order valence-corrected chi connectivity index (χ0v) is 11.7. The molecular weight excluding hydrogens is 294 g/mol. The number of aryl methyl sites for hydroxylation is 1. The average Bonchev–Trinajstić information content (AvgIpc) is 2.59. The molecule has 1 amide bonds. The van der Waals surface area contributed by atoms with Crippen LogP contribution in [0.2, 0.25) is 0 Å². The van der Waals surface area contributed by atoms with Crippen LogP contribution < -0.4 is 0 Å². The Kier molecular flexibility index (Phi) is 3.74. The van der Waals surface area contributed by atoms with Crippen LogP contribution >= 0.6 is 39.0 Å². The molecule has 0 bridgehead atoms. The fourth-order valence-electron chi connectivity index (χ4n) is 1.49. The third kappa shape index (κ3) is 2.57. The van der Waals surface area contributed by atoms with Gasteiger partial charge in [-0.05, 0) is 34.5 Å². The molecule has 2 heterocycles. The van der Waals surface area contributed by atoms with E-state index in [-0.39, 0.29) is 5.91 Å². The van der Waals surface area contributed by atoms with E-state index >= 15 is 0 Å². The van der Waals surface area contributed by atoms with Crippen LogP contribution in [-0.2, 0) is 0 Å². The minimum atomic E-state index is 0.189. The second-order valence-electron chi connectivity index (χ2n) is 3.47. The molecule has 1 fully saturated rings. The zero-order chi connectivity index (χ0) is 10.8. The number of thiophene rings is 1. The van der Waals surface area contributed by atoms with Gasteiger partial charge in [-0.25, -0.2) is 0 Å². The average molecular weight is 306 g/mol. The Labute approximate surface area is 106 Å². The van der Waals surface area contributed by atoms with Gasteiger partial charge in [0.2, 0.25) is 0 Å². The molecule has 1 aromatic rings. The Morgan fingerprint density at radius 3 is 2.67 bits per heavy atom. The number of thioether (sulfide) groups is 1. The number of hydrogen-bond donors (Lipinski definition) is 0. The molecule has 0 saturated carbocycles. The first-order valence-corrected chi connectivity index (χ1v) is 7.58. The third-order valence-corrected chi connectivity index (χ3v) is 5.43. The van der Waals surface area contributed by atoms with Crippen LogP contribution in [0.15, 0.2) is 9.85 Å². The van der Waals surface area contributed by atoms with Crippen molar-refractivity contribution in [1.29, 1.82) is 0 Å². The van der Waals surface area contributed by atoms with Crippen molar-refractivity contribution in [2.24, 2.45) is 0 Å². The van der Waals surface area contributed by atoms with Crippen molar-refractivity contribution in [1.82, 2.24) is 4.90 Å². The summed E-state index contributed by atoms with van der Waals surface area (Å²) in [6, 6.07) is 1.97. The highest BCUT2D eigenvalue weighted by molar-refractivity contribution is 9.11. The predicted molar refractivity (Wildman–Crippen MR) is 70.0 cm³/mol. The summed E-state index contributed by atoms with van der Waals surface area (Å²) in [7, 11) is 0. The molecule has 0 atom stereocenters. The Hall–Kier alpha value is 0. The first kappa shape index (κ1) is 11.5. The molecule has 1 aliphatic heterocycles. The monoisotopic (exact) mass is 305 g/mol. The van der Waals surface area contributed by atoms with Gasteiger partial charge < -0.3 is 4.90 Å². The van der Waals surface area contributed by atoms with E-state index in [4.69, 9.17) is 0 Å². The third-order valence-electron chi connectivity index (χ3n) is 2.37. The fraction of sp³-hybridized carbons (Fsp3) is 0.500. The molecule has 15 heavy (non-hydrogen) atoms. The number of halogens is 1. The number of hydrogen-bond acceptors (Lipinski definition) is 3. The lowest BCUT2D eigenvalue weighted by Gasteiger charge is -2.25. The van der Waals surface area contributed by atoms with Gasteiger partial charge in [-0.2, -0.15) is 11.8 Å². The summed E-state index contributed by atoms with van der Waals surface area (Å²) in [6.45, 7) is 3.79. The lowest BCUT2D eigenvalue weighted by atomic mass is 10.3. The zero-order valence-electron chi connectivity index (χ0n) is 8.46. The Morgan fingerprint density at radius 1 is 1.47 bits per heavy atom. The Balaban J connectivity index is 2.12. The van der Waals surface area contributed by atoms with E-state index in [9.17, 15) is 4.79 Å². The fourth-order valence-corrected chi connectivity index (χ4v) is 3.89. The molecule has 1 aromatic heterocycles. The second-order valence-corrected chi connectivity index (χ2v) is 7.07. The number of carbonyl (C=O) groups excluding carboxylic acids is 1. The smallest absolute Gasteiger partial charge is 0.264 e. The Bertz CT molecular complexity index is 352. The molecular formula is C10H12BrNOS2. The van der Waals surface area contributed by atoms with Crippen molar-refractivity contribution < 1.29 is 4.79 Å². The van der Waals surface area contributed by atoms with E-state index in [1.165, 1.54) is 11.3 Å². The van der Waals surface area contributed by atoms with Crippen LogP contribution in [-0.4, -0.2) is 35.4 Å². The van der Waals surface area contributed by atoms with Gasteiger partial charge in [0.15, 0.2) is 0 Å². The predicted octanol–water partition coefficient (Wildman–Crippen LogP) is 3.01. The van der Waals surface area contributed by atoms with Gasteiger partial charge in [0.25, 0.3) is 5.91 Å². The molecule has 0 unspecified atom stereocenters. The Morgan fingerprint density at radius 2 is 2.13 bits per heavy atom. The molecule has 0 spiro atoms. The van der Waals surface area contributed by atoms with E-state index < -0.39 is 0 Å². The van der Waals surface area contributed by atoms with E-state index in [2.05, 4.69) is 15.9 Å². The molecule has 2 nitrogen and oxygen atoms in total. The number of rotatable bonds is 1. The SMILES string of the molecule is Cc1cc(C(=O)N2CCSCC2)sc1Br. The van der Waals surface area contributed by atoms with Gasteiger partial charge in [-0.1, -0.05) is 0 Å². The van der Waals surface area contributed by atoms with E-state index in [1.54, 1.807) is 0 Å². The number of carbonyl (C=O) groups is 1. The maximum atomic E-state index is 12.1. The maximum Gasteiger partial charge on any atom is 0.264 e. The van der Waals surface area contributed by atoms with Crippen molar-refractivity contribution in [3.63, 3.8) is 0 Å². The molecule has 1 aliphatic rings. The summed E-state index contributed by atoms with van der Waals surface area (Å²) in [5, 5.41) is 0. The van der Waals surface area contributed by atoms with E-state index in [0.29, 0.717) is 0 Å². The standard InChI is InChI=1S/C10H12BrNOS2/c1-7-6-8(15-9(7)11)10(13)12-2-4-14-5-3-12/h6H,2-5H2,1H3.